The van der Waals surface area contributed by atoms with Crippen LogP contribution in [-0.2, 0) is 6.54 Å². The Morgan fingerprint density at radius 3 is 2.83 bits per heavy atom. The van der Waals surface area contributed by atoms with Gasteiger partial charge in [-0.3, -0.25) is 10.00 Å². The van der Waals surface area contributed by atoms with E-state index in [-0.39, 0.29) is 0 Å². The van der Waals surface area contributed by atoms with Crippen LogP contribution in [0.25, 0.3) is 0 Å². The molecule has 1 aliphatic heterocycles. The van der Waals surface area contributed by atoms with Gasteiger partial charge in [-0.2, -0.15) is 5.10 Å². The van der Waals surface area contributed by atoms with Crippen LogP contribution in [0.4, 0.5) is 0 Å². The number of H-pyrrole nitrogens is 1. The van der Waals surface area contributed by atoms with Crippen LogP contribution in [0.2, 0.25) is 5.02 Å². The third kappa shape index (κ3) is 2.57. The summed E-state index contributed by atoms with van der Waals surface area (Å²) in [5, 5.41) is 7.91. The number of nitrogens with zero attached hydrogens (tertiary/aromatic N) is 2. The van der Waals surface area contributed by atoms with Gasteiger partial charge in [0.1, 0.15) is 0 Å². The molecule has 2 heterocycles. The standard InChI is InChI=1S/C14H16ClN3/c15-13-3-1-11(2-4-13)9-18-8-6-12(10-18)14-5-7-16-17-14/h1-5,7,12H,6,8-10H2,(H,16,17)/t12-/m1/s1. The van der Waals surface area contributed by atoms with Crippen molar-refractivity contribution in [3.8, 4) is 0 Å². The molecule has 3 rings (SSSR count). The fraction of sp³-hybridized carbons (Fsp3) is 0.357. The molecular weight excluding hydrogens is 246 g/mol. The molecule has 1 aliphatic rings. The van der Waals surface area contributed by atoms with Crippen LogP contribution in [0.5, 0.6) is 0 Å². The van der Waals surface area contributed by atoms with Crippen LogP contribution in [0.3, 0.4) is 0 Å². The Labute approximate surface area is 112 Å². The van der Waals surface area contributed by atoms with Crippen molar-refractivity contribution < 1.29 is 0 Å². The minimum Gasteiger partial charge on any atom is -0.298 e. The summed E-state index contributed by atoms with van der Waals surface area (Å²) in [5.74, 6) is 0.597. The molecule has 4 heteroatoms. The van der Waals surface area contributed by atoms with Gasteiger partial charge in [0.2, 0.25) is 0 Å². The van der Waals surface area contributed by atoms with Crippen molar-refractivity contribution in [2.45, 2.75) is 18.9 Å². The number of likely N-dealkylation sites (tertiary alicyclic amines) is 1. The lowest BCUT2D eigenvalue weighted by Crippen LogP contribution is -2.19. The highest BCUT2D eigenvalue weighted by molar-refractivity contribution is 6.30. The Kier molecular flexibility index (Phi) is 3.35. The first-order valence-corrected chi connectivity index (χ1v) is 6.65. The average Bonchev–Trinajstić information content (AvgIpc) is 3.02. The fourth-order valence-electron chi connectivity index (χ4n) is 2.57. The lowest BCUT2D eigenvalue weighted by molar-refractivity contribution is 0.326. The van der Waals surface area contributed by atoms with Crippen molar-refractivity contribution in [2.75, 3.05) is 13.1 Å². The van der Waals surface area contributed by atoms with Gasteiger partial charge in [0.25, 0.3) is 0 Å². The largest absolute Gasteiger partial charge is 0.298 e. The number of hydrogen-bond donors (Lipinski definition) is 1. The molecule has 18 heavy (non-hydrogen) atoms. The van der Waals surface area contributed by atoms with Crippen molar-refractivity contribution in [1.82, 2.24) is 15.1 Å². The summed E-state index contributed by atoms with van der Waals surface area (Å²) in [6, 6.07) is 10.2. The van der Waals surface area contributed by atoms with Crippen molar-refractivity contribution >= 4 is 11.6 Å². The molecule has 2 aromatic rings. The Morgan fingerprint density at radius 2 is 2.11 bits per heavy atom. The second kappa shape index (κ2) is 5.12. The normalized spacial score (nSPS) is 20.4. The fourth-order valence-corrected chi connectivity index (χ4v) is 2.70. The zero-order valence-electron chi connectivity index (χ0n) is 10.1. The lowest BCUT2D eigenvalue weighted by atomic mass is 10.1. The summed E-state index contributed by atoms with van der Waals surface area (Å²) in [6.07, 6.45) is 3.03. The van der Waals surface area contributed by atoms with E-state index in [4.69, 9.17) is 11.6 Å². The lowest BCUT2D eigenvalue weighted by Gasteiger charge is -2.15. The van der Waals surface area contributed by atoms with Crippen LogP contribution >= 0.6 is 11.6 Å². The van der Waals surface area contributed by atoms with Gasteiger partial charge in [0.15, 0.2) is 0 Å². The molecule has 0 bridgehead atoms. The molecule has 0 radical (unpaired) electrons. The van der Waals surface area contributed by atoms with Crippen LogP contribution < -0.4 is 0 Å². The van der Waals surface area contributed by atoms with Gasteiger partial charge in [-0.05, 0) is 36.7 Å². The minimum atomic E-state index is 0.597. The Bertz CT molecular complexity index is 492. The Morgan fingerprint density at radius 1 is 1.28 bits per heavy atom. The number of benzene rings is 1. The van der Waals surface area contributed by atoms with Gasteiger partial charge in [-0.1, -0.05) is 23.7 Å². The number of aromatic amines is 1. The van der Waals surface area contributed by atoms with Crippen LogP contribution in [0.15, 0.2) is 36.5 Å². The smallest absolute Gasteiger partial charge is 0.0490 e. The molecule has 1 aromatic carbocycles. The third-order valence-electron chi connectivity index (χ3n) is 3.55. The van der Waals surface area contributed by atoms with E-state index in [1.54, 1.807) is 0 Å². The summed E-state index contributed by atoms with van der Waals surface area (Å²) < 4.78 is 0. The van der Waals surface area contributed by atoms with E-state index < -0.39 is 0 Å². The molecule has 3 nitrogen and oxygen atoms in total. The first-order chi connectivity index (χ1) is 8.81. The van der Waals surface area contributed by atoms with Crippen molar-refractivity contribution in [2.24, 2.45) is 0 Å². The molecule has 1 saturated heterocycles. The molecule has 1 N–H and O–H groups in total. The van der Waals surface area contributed by atoms with Gasteiger partial charge >= 0.3 is 0 Å². The Hall–Kier alpha value is -1.32. The minimum absolute atomic E-state index is 0.597. The predicted molar refractivity (Wildman–Crippen MR) is 72.7 cm³/mol. The molecule has 0 saturated carbocycles. The summed E-state index contributed by atoms with van der Waals surface area (Å²) in [4.78, 5) is 2.48. The van der Waals surface area contributed by atoms with Gasteiger partial charge in [0.05, 0.1) is 0 Å². The molecular formula is C14H16ClN3. The molecule has 94 valence electrons. The molecule has 0 spiro atoms. The Balaban J connectivity index is 1.61. The number of halogens is 1. The molecule has 0 amide bonds. The zero-order chi connectivity index (χ0) is 12.4. The van der Waals surface area contributed by atoms with E-state index in [1.165, 1.54) is 17.7 Å². The van der Waals surface area contributed by atoms with E-state index >= 15 is 0 Å². The van der Waals surface area contributed by atoms with E-state index in [9.17, 15) is 0 Å². The van der Waals surface area contributed by atoms with Crippen molar-refractivity contribution in [3.63, 3.8) is 0 Å². The van der Waals surface area contributed by atoms with Crippen molar-refractivity contribution in [1.29, 1.82) is 0 Å². The highest BCUT2D eigenvalue weighted by Crippen LogP contribution is 2.26. The maximum absolute atomic E-state index is 5.89. The second-order valence-electron chi connectivity index (χ2n) is 4.86. The summed E-state index contributed by atoms with van der Waals surface area (Å²) in [5.41, 5.74) is 2.58. The summed E-state index contributed by atoms with van der Waals surface area (Å²) in [6.45, 7) is 3.25. The molecule has 1 aromatic heterocycles. The number of aromatic nitrogens is 2. The maximum atomic E-state index is 5.89. The van der Waals surface area contributed by atoms with Crippen LogP contribution in [0.1, 0.15) is 23.6 Å². The average molecular weight is 262 g/mol. The SMILES string of the molecule is Clc1ccc(CN2CC[C@@H](c3ccn[nH]3)C2)cc1. The van der Waals surface area contributed by atoms with Crippen LogP contribution in [0, 0.1) is 0 Å². The summed E-state index contributed by atoms with van der Waals surface area (Å²) in [7, 11) is 0. The molecule has 0 aliphatic carbocycles. The topological polar surface area (TPSA) is 31.9 Å². The second-order valence-corrected chi connectivity index (χ2v) is 5.30. The van der Waals surface area contributed by atoms with E-state index in [0.29, 0.717) is 5.92 Å². The van der Waals surface area contributed by atoms with Crippen molar-refractivity contribution in [3.05, 3.63) is 52.8 Å². The van der Waals surface area contributed by atoms with Gasteiger partial charge in [0, 0.05) is 35.9 Å². The van der Waals surface area contributed by atoms with E-state index in [1.807, 2.05) is 18.3 Å². The number of nitrogens with one attached hydrogen (secondary N) is 1. The third-order valence-corrected chi connectivity index (χ3v) is 3.81. The van der Waals surface area contributed by atoms with E-state index in [0.717, 1.165) is 24.7 Å². The first-order valence-electron chi connectivity index (χ1n) is 6.27. The van der Waals surface area contributed by atoms with Gasteiger partial charge in [-0.15, -0.1) is 0 Å². The highest BCUT2D eigenvalue weighted by Gasteiger charge is 2.24. The zero-order valence-corrected chi connectivity index (χ0v) is 10.9. The quantitative estimate of drug-likeness (QED) is 0.921. The van der Waals surface area contributed by atoms with Gasteiger partial charge in [-0.25, -0.2) is 0 Å². The molecule has 0 unspecified atom stereocenters. The number of hydrogen-bond acceptors (Lipinski definition) is 2. The van der Waals surface area contributed by atoms with Crippen LogP contribution in [-0.4, -0.2) is 28.2 Å². The van der Waals surface area contributed by atoms with E-state index in [2.05, 4.69) is 33.3 Å². The highest BCUT2D eigenvalue weighted by atomic mass is 35.5. The predicted octanol–water partition coefficient (Wildman–Crippen LogP) is 3.05. The molecule has 1 atom stereocenters. The number of rotatable bonds is 3. The molecule has 1 fully saturated rings. The summed E-state index contributed by atoms with van der Waals surface area (Å²) >= 11 is 5.89. The monoisotopic (exact) mass is 261 g/mol. The maximum Gasteiger partial charge on any atom is 0.0490 e. The first kappa shape index (κ1) is 11.8. The van der Waals surface area contributed by atoms with Gasteiger partial charge < -0.3 is 0 Å².